The van der Waals surface area contributed by atoms with Crippen LogP contribution in [0.3, 0.4) is 0 Å². The van der Waals surface area contributed by atoms with Crippen molar-refractivity contribution in [3.05, 3.63) is 30.0 Å². The number of methoxy groups -OCH3 is 1. The Morgan fingerprint density at radius 1 is 1.38 bits per heavy atom. The monoisotopic (exact) mass is 335 g/mol. The van der Waals surface area contributed by atoms with E-state index in [4.69, 9.17) is 14.4 Å². The highest BCUT2D eigenvalue weighted by Crippen LogP contribution is 2.28. The fourth-order valence-electron chi connectivity index (χ4n) is 1.98. The molecule has 1 heterocycles. The lowest BCUT2D eigenvalue weighted by Gasteiger charge is -2.09. The minimum atomic E-state index is -0.495. The third-order valence-electron chi connectivity index (χ3n) is 3.18. The Bertz CT molecular complexity index is 742. The van der Waals surface area contributed by atoms with Crippen LogP contribution in [-0.4, -0.2) is 48.8 Å². The predicted octanol–water partition coefficient (Wildman–Crippen LogP) is 0.483. The average molecular weight is 335 g/mol. The van der Waals surface area contributed by atoms with Gasteiger partial charge in [-0.25, -0.2) is 5.06 Å². The number of para-hydroxylation sites is 1. The second-order valence-electron chi connectivity index (χ2n) is 4.79. The molecule has 2 aromatic rings. The van der Waals surface area contributed by atoms with Crippen LogP contribution in [0.2, 0.25) is 0 Å². The average Bonchev–Trinajstić information content (AvgIpc) is 3.03. The second kappa shape index (κ2) is 7.97. The van der Waals surface area contributed by atoms with Gasteiger partial charge in [-0.2, -0.15) is 0 Å². The highest BCUT2D eigenvalue weighted by molar-refractivity contribution is 5.97. The predicted molar refractivity (Wildman–Crippen MR) is 82.4 cm³/mol. The summed E-state index contributed by atoms with van der Waals surface area (Å²) in [4.78, 5) is 33.6. The van der Waals surface area contributed by atoms with Crippen LogP contribution in [0, 0.1) is 0 Å². The Balaban J connectivity index is 1.87. The zero-order chi connectivity index (χ0) is 17.5. The summed E-state index contributed by atoms with van der Waals surface area (Å²) in [6.45, 7) is -0.245. The molecule has 3 amide bonds. The third kappa shape index (κ3) is 4.23. The maximum atomic E-state index is 12.0. The van der Waals surface area contributed by atoms with Gasteiger partial charge < -0.3 is 19.8 Å². The van der Waals surface area contributed by atoms with Crippen molar-refractivity contribution in [3.8, 4) is 5.75 Å². The molecule has 0 unspecified atom stereocenters. The summed E-state index contributed by atoms with van der Waals surface area (Å²) in [5, 5.41) is 14.9. The smallest absolute Gasteiger partial charge is 0.288 e. The SMILES string of the molecule is COc1cccc2cc(C(=O)NCNC(=O)CCN(O)C=O)oc12. The number of nitrogens with one attached hydrogen (secondary N) is 2. The topological polar surface area (TPSA) is 121 Å². The molecule has 24 heavy (non-hydrogen) atoms. The third-order valence-corrected chi connectivity index (χ3v) is 3.18. The van der Waals surface area contributed by atoms with E-state index in [2.05, 4.69) is 10.6 Å². The van der Waals surface area contributed by atoms with Gasteiger partial charge in [-0.1, -0.05) is 12.1 Å². The Morgan fingerprint density at radius 3 is 2.88 bits per heavy atom. The van der Waals surface area contributed by atoms with E-state index in [-0.39, 0.29) is 31.8 Å². The Kier molecular flexibility index (Phi) is 5.74. The molecule has 0 aliphatic carbocycles. The molecular formula is C15H17N3O6. The number of hydrogen-bond donors (Lipinski definition) is 3. The van der Waals surface area contributed by atoms with Gasteiger partial charge in [0.1, 0.15) is 0 Å². The van der Waals surface area contributed by atoms with Gasteiger partial charge in [-0.3, -0.25) is 19.6 Å². The first-order valence-electron chi connectivity index (χ1n) is 7.07. The summed E-state index contributed by atoms with van der Waals surface area (Å²) in [5.74, 6) is -0.317. The largest absolute Gasteiger partial charge is 0.493 e. The number of hydrogen-bond acceptors (Lipinski definition) is 6. The van der Waals surface area contributed by atoms with E-state index >= 15 is 0 Å². The molecule has 0 radical (unpaired) electrons. The van der Waals surface area contributed by atoms with Crippen LogP contribution in [0.15, 0.2) is 28.7 Å². The van der Waals surface area contributed by atoms with Crippen LogP contribution >= 0.6 is 0 Å². The number of furan rings is 1. The number of rotatable bonds is 8. The number of ether oxygens (including phenoxy) is 1. The number of benzene rings is 1. The Morgan fingerprint density at radius 2 is 2.17 bits per heavy atom. The fraction of sp³-hybridized carbons (Fsp3) is 0.267. The minimum absolute atomic E-state index is 0.0891. The maximum absolute atomic E-state index is 12.0. The zero-order valence-electron chi connectivity index (χ0n) is 12.9. The lowest BCUT2D eigenvalue weighted by atomic mass is 10.2. The van der Waals surface area contributed by atoms with E-state index in [1.807, 2.05) is 0 Å². The molecule has 0 fully saturated rings. The van der Waals surface area contributed by atoms with Crippen molar-refractivity contribution in [1.29, 1.82) is 0 Å². The molecule has 0 aliphatic rings. The van der Waals surface area contributed by atoms with Crippen molar-refractivity contribution in [2.24, 2.45) is 0 Å². The summed E-state index contributed by atoms with van der Waals surface area (Å²) in [6.07, 6.45) is 0.109. The Hall–Kier alpha value is -3.07. The van der Waals surface area contributed by atoms with Crippen molar-refractivity contribution in [2.75, 3.05) is 20.3 Å². The summed E-state index contributed by atoms with van der Waals surface area (Å²) in [5.41, 5.74) is 0.464. The van der Waals surface area contributed by atoms with Crippen molar-refractivity contribution in [2.45, 2.75) is 6.42 Å². The van der Waals surface area contributed by atoms with Gasteiger partial charge in [0.15, 0.2) is 17.1 Å². The highest BCUT2D eigenvalue weighted by atomic mass is 16.5. The second-order valence-corrected chi connectivity index (χ2v) is 4.79. The highest BCUT2D eigenvalue weighted by Gasteiger charge is 2.14. The number of amides is 3. The van der Waals surface area contributed by atoms with Gasteiger partial charge in [-0.05, 0) is 12.1 Å². The van der Waals surface area contributed by atoms with Crippen molar-refractivity contribution in [1.82, 2.24) is 15.7 Å². The maximum Gasteiger partial charge on any atom is 0.288 e. The van der Waals surface area contributed by atoms with Crippen molar-refractivity contribution >= 4 is 29.2 Å². The van der Waals surface area contributed by atoms with Gasteiger partial charge in [0.2, 0.25) is 12.3 Å². The molecule has 1 aromatic carbocycles. The van der Waals surface area contributed by atoms with Gasteiger partial charge in [0.05, 0.1) is 20.3 Å². The number of hydroxylamine groups is 2. The first kappa shape index (κ1) is 17.3. The minimum Gasteiger partial charge on any atom is -0.493 e. The molecule has 0 saturated carbocycles. The molecule has 128 valence electrons. The first-order valence-corrected chi connectivity index (χ1v) is 7.07. The van der Waals surface area contributed by atoms with E-state index in [0.717, 1.165) is 5.39 Å². The fourth-order valence-corrected chi connectivity index (χ4v) is 1.98. The zero-order valence-corrected chi connectivity index (χ0v) is 12.9. The first-order chi connectivity index (χ1) is 11.5. The molecule has 2 rings (SSSR count). The van der Waals surface area contributed by atoms with Crippen LogP contribution in [0.1, 0.15) is 17.0 Å². The molecule has 9 nitrogen and oxygen atoms in total. The van der Waals surface area contributed by atoms with E-state index in [1.165, 1.54) is 7.11 Å². The number of carbonyl (C=O) groups excluding carboxylic acids is 3. The van der Waals surface area contributed by atoms with E-state index in [1.54, 1.807) is 24.3 Å². The van der Waals surface area contributed by atoms with Crippen molar-refractivity contribution < 1.29 is 28.7 Å². The van der Waals surface area contributed by atoms with Gasteiger partial charge in [0, 0.05) is 11.8 Å². The van der Waals surface area contributed by atoms with Crippen LogP contribution in [0.5, 0.6) is 5.75 Å². The summed E-state index contributed by atoms with van der Waals surface area (Å²) in [7, 11) is 1.50. The molecule has 0 saturated heterocycles. The van der Waals surface area contributed by atoms with Crippen LogP contribution < -0.4 is 15.4 Å². The van der Waals surface area contributed by atoms with Crippen LogP contribution in [0.4, 0.5) is 0 Å². The lowest BCUT2D eigenvalue weighted by molar-refractivity contribution is -0.150. The summed E-state index contributed by atoms with van der Waals surface area (Å²) < 4.78 is 10.6. The lowest BCUT2D eigenvalue weighted by Crippen LogP contribution is -2.38. The molecular weight excluding hydrogens is 318 g/mol. The normalized spacial score (nSPS) is 10.2. The number of fused-ring (bicyclic) bond motifs is 1. The molecule has 0 aliphatic heterocycles. The quantitative estimate of drug-likeness (QED) is 0.279. The van der Waals surface area contributed by atoms with Crippen molar-refractivity contribution in [3.63, 3.8) is 0 Å². The molecule has 3 N–H and O–H groups in total. The molecule has 9 heteroatoms. The number of carbonyl (C=O) groups is 3. The van der Waals surface area contributed by atoms with Gasteiger partial charge in [0.25, 0.3) is 5.91 Å². The standard InChI is InChI=1S/C15H17N3O6/c1-23-11-4-2-3-10-7-12(24-14(10)11)15(21)17-8-16-13(20)5-6-18(22)9-19/h2-4,7,9,22H,5-6,8H2,1H3,(H,16,20)(H,17,21). The molecule has 0 spiro atoms. The summed E-state index contributed by atoms with van der Waals surface area (Å²) in [6, 6.07) is 6.86. The Labute approximate surface area is 137 Å². The molecule has 1 aromatic heterocycles. The van der Waals surface area contributed by atoms with Gasteiger partial charge in [-0.15, -0.1) is 0 Å². The van der Waals surface area contributed by atoms with Gasteiger partial charge >= 0.3 is 0 Å². The number of nitrogens with zero attached hydrogens (tertiary/aromatic N) is 1. The van der Waals surface area contributed by atoms with E-state index in [0.29, 0.717) is 16.4 Å². The summed E-state index contributed by atoms with van der Waals surface area (Å²) >= 11 is 0. The van der Waals surface area contributed by atoms with Crippen LogP contribution in [0.25, 0.3) is 11.0 Å². The van der Waals surface area contributed by atoms with E-state index in [9.17, 15) is 14.4 Å². The molecule has 0 bridgehead atoms. The van der Waals surface area contributed by atoms with Crippen LogP contribution in [-0.2, 0) is 9.59 Å². The molecule has 0 atom stereocenters. The van der Waals surface area contributed by atoms with E-state index < -0.39 is 11.8 Å².